The van der Waals surface area contributed by atoms with E-state index >= 15 is 0 Å². The van der Waals surface area contributed by atoms with Crippen molar-refractivity contribution in [2.24, 2.45) is 0 Å². The SMILES string of the molecule is COCCCN1C(=O)C(c2c(C)cc(C)cc2C)=C(O)C12CCN(OC)CC2. The molecule has 1 N–H and O–H groups in total. The maximum Gasteiger partial charge on any atom is 0.258 e. The van der Waals surface area contributed by atoms with Crippen LogP contribution < -0.4 is 0 Å². The Morgan fingerprint density at radius 1 is 1.11 bits per heavy atom. The highest BCUT2D eigenvalue weighted by Gasteiger charge is 2.53. The van der Waals surface area contributed by atoms with Crippen LogP contribution >= 0.6 is 0 Å². The van der Waals surface area contributed by atoms with Crippen molar-refractivity contribution in [1.82, 2.24) is 9.96 Å². The van der Waals surface area contributed by atoms with Crippen LogP contribution in [-0.2, 0) is 14.4 Å². The van der Waals surface area contributed by atoms with Crippen LogP contribution in [0.3, 0.4) is 0 Å². The first-order valence-electron chi connectivity index (χ1n) is 9.97. The van der Waals surface area contributed by atoms with Gasteiger partial charge in [0, 0.05) is 33.4 Å². The Labute approximate surface area is 167 Å². The number of carbonyl (C=O) groups excluding carboxylic acids is 1. The summed E-state index contributed by atoms with van der Waals surface area (Å²) in [7, 11) is 3.33. The van der Waals surface area contributed by atoms with Gasteiger partial charge in [0.15, 0.2) is 0 Å². The van der Waals surface area contributed by atoms with Crippen molar-refractivity contribution in [1.29, 1.82) is 0 Å². The minimum atomic E-state index is -0.654. The second-order valence-corrected chi connectivity index (χ2v) is 7.94. The van der Waals surface area contributed by atoms with E-state index in [0.29, 0.717) is 44.7 Å². The van der Waals surface area contributed by atoms with E-state index in [0.717, 1.165) is 28.7 Å². The molecule has 2 heterocycles. The number of piperidine rings is 1. The Balaban J connectivity index is 2.06. The lowest BCUT2D eigenvalue weighted by atomic mass is 9.84. The molecule has 0 radical (unpaired) electrons. The van der Waals surface area contributed by atoms with Crippen molar-refractivity contribution < 1.29 is 19.5 Å². The first-order valence-corrected chi connectivity index (χ1v) is 9.97. The van der Waals surface area contributed by atoms with Gasteiger partial charge in [0.1, 0.15) is 11.3 Å². The number of hydrogen-bond donors (Lipinski definition) is 1. The first kappa shape index (κ1) is 20.8. The lowest BCUT2D eigenvalue weighted by Crippen LogP contribution is -2.55. The third-order valence-corrected chi connectivity index (χ3v) is 6.12. The lowest BCUT2D eigenvalue weighted by Gasteiger charge is -2.44. The summed E-state index contributed by atoms with van der Waals surface area (Å²) in [5, 5.41) is 13.3. The molecule has 2 aliphatic heterocycles. The third-order valence-electron chi connectivity index (χ3n) is 6.12. The molecule has 1 amide bonds. The highest BCUT2D eigenvalue weighted by molar-refractivity contribution is 6.23. The van der Waals surface area contributed by atoms with E-state index in [2.05, 4.69) is 12.1 Å². The van der Waals surface area contributed by atoms with Gasteiger partial charge in [-0.15, -0.1) is 0 Å². The van der Waals surface area contributed by atoms with Crippen LogP contribution in [0.15, 0.2) is 17.9 Å². The van der Waals surface area contributed by atoms with E-state index in [1.807, 2.05) is 30.7 Å². The molecule has 0 saturated carbocycles. The van der Waals surface area contributed by atoms with E-state index in [1.165, 1.54) is 0 Å². The number of benzene rings is 1. The van der Waals surface area contributed by atoms with Crippen LogP contribution in [0.1, 0.15) is 41.5 Å². The molecular weight excluding hydrogens is 356 g/mol. The van der Waals surface area contributed by atoms with E-state index < -0.39 is 5.54 Å². The van der Waals surface area contributed by atoms with Crippen LogP contribution in [0.2, 0.25) is 0 Å². The summed E-state index contributed by atoms with van der Waals surface area (Å²) in [6.07, 6.45) is 2.04. The fraction of sp³-hybridized carbons (Fsp3) is 0.591. The van der Waals surface area contributed by atoms with Crippen molar-refractivity contribution in [3.8, 4) is 0 Å². The number of methoxy groups -OCH3 is 1. The standard InChI is InChI=1S/C22H32N2O4/c1-15-13-16(2)18(17(3)14-15)19-20(25)22(7-10-23(28-5)11-8-22)24(21(19)26)9-6-12-27-4/h13-14,25H,6-12H2,1-5H3. The number of carbonyl (C=O) groups is 1. The minimum absolute atomic E-state index is 0.0745. The molecule has 1 fully saturated rings. The topological polar surface area (TPSA) is 62.2 Å². The Kier molecular flexibility index (Phi) is 6.12. The molecule has 1 aromatic carbocycles. The molecule has 0 bridgehead atoms. The Morgan fingerprint density at radius 3 is 2.25 bits per heavy atom. The van der Waals surface area contributed by atoms with E-state index in [9.17, 15) is 9.90 Å². The van der Waals surface area contributed by atoms with Gasteiger partial charge in [-0.25, -0.2) is 0 Å². The van der Waals surface area contributed by atoms with Crippen molar-refractivity contribution in [3.05, 3.63) is 40.1 Å². The molecule has 6 nitrogen and oxygen atoms in total. The zero-order chi connectivity index (χ0) is 20.5. The monoisotopic (exact) mass is 388 g/mol. The number of hydroxylamine groups is 2. The molecule has 28 heavy (non-hydrogen) atoms. The molecule has 3 rings (SSSR count). The second-order valence-electron chi connectivity index (χ2n) is 7.94. The molecule has 6 heteroatoms. The number of aryl methyl sites for hydroxylation is 3. The van der Waals surface area contributed by atoms with Crippen LogP contribution in [0, 0.1) is 20.8 Å². The lowest BCUT2D eigenvalue weighted by molar-refractivity contribution is -0.164. The normalized spacial score (nSPS) is 19.9. The molecule has 0 unspecified atom stereocenters. The predicted molar refractivity (Wildman–Crippen MR) is 109 cm³/mol. The summed E-state index contributed by atoms with van der Waals surface area (Å²) in [5.74, 6) is 0.148. The zero-order valence-corrected chi connectivity index (χ0v) is 17.7. The molecular formula is C22H32N2O4. The Morgan fingerprint density at radius 2 is 1.71 bits per heavy atom. The van der Waals surface area contributed by atoms with E-state index in [4.69, 9.17) is 9.57 Å². The fourth-order valence-corrected chi connectivity index (χ4v) is 4.82. The van der Waals surface area contributed by atoms with Gasteiger partial charge < -0.3 is 19.6 Å². The average Bonchev–Trinajstić information content (AvgIpc) is 2.84. The Hall–Kier alpha value is -1.89. The summed E-state index contributed by atoms with van der Waals surface area (Å²) in [5.41, 5.74) is 3.89. The van der Waals surface area contributed by atoms with Gasteiger partial charge in [-0.05, 0) is 56.7 Å². The van der Waals surface area contributed by atoms with Crippen LogP contribution in [0.25, 0.3) is 5.57 Å². The maximum absolute atomic E-state index is 13.5. The summed E-state index contributed by atoms with van der Waals surface area (Å²) < 4.78 is 5.19. The summed E-state index contributed by atoms with van der Waals surface area (Å²) in [6, 6.07) is 4.15. The third kappa shape index (κ3) is 3.45. The van der Waals surface area contributed by atoms with Crippen molar-refractivity contribution in [2.45, 2.75) is 45.6 Å². The van der Waals surface area contributed by atoms with Gasteiger partial charge in [0.25, 0.3) is 5.91 Å². The fourth-order valence-electron chi connectivity index (χ4n) is 4.82. The Bertz CT molecular complexity index is 756. The smallest absolute Gasteiger partial charge is 0.258 e. The molecule has 1 aromatic rings. The van der Waals surface area contributed by atoms with Gasteiger partial charge >= 0.3 is 0 Å². The highest BCUT2D eigenvalue weighted by Crippen LogP contribution is 2.46. The number of amides is 1. The first-order chi connectivity index (χ1) is 13.4. The molecule has 154 valence electrons. The largest absolute Gasteiger partial charge is 0.509 e. The second kappa shape index (κ2) is 8.23. The quantitative estimate of drug-likeness (QED) is 0.759. The van der Waals surface area contributed by atoms with Crippen LogP contribution in [-0.4, -0.2) is 67.0 Å². The van der Waals surface area contributed by atoms with Gasteiger partial charge in [-0.3, -0.25) is 4.79 Å². The molecule has 0 aliphatic carbocycles. The summed E-state index contributed by atoms with van der Waals surface area (Å²) >= 11 is 0. The molecule has 0 aromatic heterocycles. The zero-order valence-electron chi connectivity index (χ0n) is 17.7. The number of ether oxygens (including phenoxy) is 1. The number of aliphatic hydroxyl groups is 1. The van der Waals surface area contributed by atoms with E-state index in [1.54, 1.807) is 14.2 Å². The number of rotatable bonds is 6. The van der Waals surface area contributed by atoms with E-state index in [-0.39, 0.29) is 11.7 Å². The average molecular weight is 389 g/mol. The summed E-state index contributed by atoms with van der Waals surface area (Å²) in [6.45, 7) is 8.57. The number of nitrogens with zero attached hydrogens (tertiary/aromatic N) is 2. The van der Waals surface area contributed by atoms with Gasteiger partial charge in [-0.1, -0.05) is 17.7 Å². The summed E-state index contributed by atoms with van der Waals surface area (Å²) in [4.78, 5) is 20.8. The molecule has 1 saturated heterocycles. The predicted octanol–water partition coefficient (Wildman–Crippen LogP) is 3.16. The van der Waals surface area contributed by atoms with Crippen molar-refractivity contribution >= 4 is 11.5 Å². The number of aliphatic hydroxyl groups excluding tert-OH is 1. The minimum Gasteiger partial charge on any atom is -0.509 e. The molecule has 2 aliphatic rings. The van der Waals surface area contributed by atoms with Gasteiger partial charge in [-0.2, -0.15) is 5.06 Å². The highest BCUT2D eigenvalue weighted by atomic mass is 16.7. The van der Waals surface area contributed by atoms with Gasteiger partial charge in [0.2, 0.25) is 0 Å². The maximum atomic E-state index is 13.5. The molecule has 1 spiro atoms. The molecule has 0 atom stereocenters. The van der Waals surface area contributed by atoms with Crippen LogP contribution in [0.5, 0.6) is 0 Å². The van der Waals surface area contributed by atoms with Gasteiger partial charge in [0.05, 0.1) is 12.7 Å². The van der Waals surface area contributed by atoms with Crippen molar-refractivity contribution in [3.63, 3.8) is 0 Å². The van der Waals surface area contributed by atoms with Crippen molar-refractivity contribution in [2.75, 3.05) is 40.5 Å². The number of hydrogen-bond acceptors (Lipinski definition) is 5. The van der Waals surface area contributed by atoms with Crippen LogP contribution in [0.4, 0.5) is 0 Å².